The Hall–Kier alpha value is -1.71. The van der Waals surface area contributed by atoms with E-state index in [0.717, 1.165) is 0 Å². The van der Waals surface area contributed by atoms with Crippen LogP contribution in [0.3, 0.4) is 0 Å². The molecule has 0 amide bonds. The van der Waals surface area contributed by atoms with E-state index in [9.17, 15) is 9.59 Å². The fraction of sp³-hybridized carbons (Fsp3) is 0.300. The van der Waals surface area contributed by atoms with Crippen LogP contribution in [0.4, 0.5) is 0 Å². The number of aldehydes is 1. The van der Waals surface area contributed by atoms with Crippen molar-refractivity contribution < 1.29 is 14.7 Å². The summed E-state index contributed by atoms with van der Waals surface area (Å²) in [5, 5.41) is 9.02. The Morgan fingerprint density at radius 1 is 1.64 bits per heavy atom. The lowest BCUT2D eigenvalue weighted by atomic mass is 9.83. The molecule has 1 aromatic heterocycles. The number of nitrogens with zero attached hydrogens (tertiary/aromatic N) is 1. The normalized spacial score (nSPS) is 14.4. The Labute approximate surface area is 81.6 Å². The molecule has 0 saturated carbocycles. The molecule has 74 valence electrons. The van der Waals surface area contributed by atoms with Gasteiger partial charge in [-0.15, -0.1) is 0 Å². The Balaban J connectivity index is 3.12. The van der Waals surface area contributed by atoms with Crippen LogP contribution in [0.5, 0.6) is 0 Å². The van der Waals surface area contributed by atoms with E-state index in [1.807, 2.05) is 0 Å². The van der Waals surface area contributed by atoms with Crippen molar-refractivity contribution in [2.45, 2.75) is 18.8 Å². The minimum Gasteiger partial charge on any atom is -0.481 e. The summed E-state index contributed by atoms with van der Waals surface area (Å²) in [4.78, 5) is 25.4. The first-order valence-electron chi connectivity index (χ1n) is 4.20. The summed E-state index contributed by atoms with van der Waals surface area (Å²) in [5.41, 5.74) is -0.817. The van der Waals surface area contributed by atoms with Gasteiger partial charge in [-0.3, -0.25) is 9.78 Å². The maximum Gasteiger partial charge on any atom is 0.315 e. The zero-order valence-corrected chi connectivity index (χ0v) is 7.80. The van der Waals surface area contributed by atoms with Crippen LogP contribution < -0.4 is 0 Å². The maximum atomic E-state index is 11.0. The molecule has 1 rings (SSSR count). The highest BCUT2D eigenvalue weighted by Gasteiger charge is 2.35. The number of carbonyl (C=O) groups is 2. The molecule has 1 heterocycles. The fourth-order valence-electron chi connectivity index (χ4n) is 1.16. The fourth-order valence-corrected chi connectivity index (χ4v) is 1.16. The van der Waals surface area contributed by atoms with E-state index in [1.54, 1.807) is 18.2 Å². The molecule has 4 nitrogen and oxygen atoms in total. The molecule has 0 bridgehead atoms. The molecule has 1 atom stereocenters. The average Bonchev–Trinajstić information content (AvgIpc) is 2.19. The predicted octanol–water partition coefficient (Wildman–Crippen LogP) is 1.01. The van der Waals surface area contributed by atoms with E-state index in [2.05, 4.69) is 4.98 Å². The highest BCUT2D eigenvalue weighted by Crippen LogP contribution is 2.24. The van der Waals surface area contributed by atoms with Gasteiger partial charge >= 0.3 is 5.97 Å². The zero-order chi connectivity index (χ0) is 10.6. The second-order valence-electron chi connectivity index (χ2n) is 3.22. The van der Waals surface area contributed by atoms with Gasteiger partial charge in [0, 0.05) is 12.6 Å². The topological polar surface area (TPSA) is 67.3 Å². The van der Waals surface area contributed by atoms with Crippen LogP contribution in [0.1, 0.15) is 19.0 Å². The Kier molecular flexibility index (Phi) is 2.96. The van der Waals surface area contributed by atoms with E-state index in [1.165, 1.54) is 13.1 Å². The molecular formula is C10H11NO3. The summed E-state index contributed by atoms with van der Waals surface area (Å²) in [7, 11) is 0. The largest absolute Gasteiger partial charge is 0.481 e. The van der Waals surface area contributed by atoms with Crippen molar-refractivity contribution in [2.75, 3.05) is 0 Å². The average molecular weight is 193 g/mol. The summed E-state index contributed by atoms with van der Waals surface area (Å²) in [5.74, 6) is -1.04. The minimum absolute atomic E-state index is 0.0701. The summed E-state index contributed by atoms with van der Waals surface area (Å²) >= 11 is 0. The summed E-state index contributed by atoms with van der Waals surface area (Å²) in [6.07, 6.45) is 2.05. The van der Waals surface area contributed by atoms with E-state index in [-0.39, 0.29) is 6.42 Å². The van der Waals surface area contributed by atoms with Crippen LogP contribution in [0.15, 0.2) is 24.4 Å². The molecule has 1 N–H and O–H groups in total. The monoisotopic (exact) mass is 193 g/mol. The standard InChI is InChI=1S/C10H11NO3/c1-10(5-7-12,9(13)14)8-4-2-3-6-11-8/h2-4,6-7H,5H2,1H3,(H,13,14). The van der Waals surface area contributed by atoms with E-state index >= 15 is 0 Å². The van der Waals surface area contributed by atoms with Gasteiger partial charge in [-0.1, -0.05) is 6.07 Å². The second-order valence-corrected chi connectivity index (χ2v) is 3.22. The lowest BCUT2D eigenvalue weighted by molar-refractivity contribution is -0.144. The molecule has 0 radical (unpaired) electrons. The van der Waals surface area contributed by atoms with E-state index < -0.39 is 11.4 Å². The van der Waals surface area contributed by atoms with Crippen molar-refractivity contribution >= 4 is 12.3 Å². The number of carboxylic acid groups (broad SMARTS) is 1. The number of carboxylic acids is 1. The molecule has 0 aliphatic rings. The smallest absolute Gasteiger partial charge is 0.315 e. The lowest BCUT2D eigenvalue weighted by Gasteiger charge is -2.20. The first-order valence-corrected chi connectivity index (χ1v) is 4.20. The van der Waals surface area contributed by atoms with Gasteiger partial charge in [0.1, 0.15) is 11.7 Å². The van der Waals surface area contributed by atoms with Crippen LogP contribution in [0, 0.1) is 0 Å². The first kappa shape index (κ1) is 10.4. The molecule has 0 saturated heterocycles. The van der Waals surface area contributed by atoms with Gasteiger partial charge in [-0.2, -0.15) is 0 Å². The quantitative estimate of drug-likeness (QED) is 0.725. The first-order chi connectivity index (χ1) is 6.61. The van der Waals surface area contributed by atoms with Gasteiger partial charge in [-0.05, 0) is 19.1 Å². The van der Waals surface area contributed by atoms with Gasteiger partial charge in [-0.25, -0.2) is 0 Å². The molecule has 0 aromatic carbocycles. The SMILES string of the molecule is CC(CC=O)(C(=O)O)c1ccccn1. The Morgan fingerprint density at radius 3 is 2.79 bits per heavy atom. The summed E-state index contributed by atoms with van der Waals surface area (Å²) in [6, 6.07) is 5.01. The van der Waals surface area contributed by atoms with Gasteiger partial charge in [0.15, 0.2) is 0 Å². The van der Waals surface area contributed by atoms with Crippen LogP contribution in [0.25, 0.3) is 0 Å². The molecule has 0 aliphatic carbocycles. The van der Waals surface area contributed by atoms with Crippen molar-refractivity contribution in [1.29, 1.82) is 0 Å². The predicted molar refractivity (Wildman–Crippen MR) is 49.9 cm³/mol. The third-order valence-corrected chi connectivity index (χ3v) is 2.19. The van der Waals surface area contributed by atoms with Crippen LogP contribution in [0.2, 0.25) is 0 Å². The van der Waals surface area contributed by atoms with Crippen LogP contribution >= 0.6 is 0 Å². The number of aromatic nitrogens is 1. The van der Waals surface area contributed by atoms with Gasteiger partial charge in [0.25, 0.3) is 0 Å². The molecule has 0 fully saturated rings. The molecule has 1 unspecified atom stereocenters. The Bertz CT molecular complexity index is 336. The van der Waals surface area contributed by atoms with Crippen LogP contribution in [-0.2, 0) is 15.0 Å². The van der Waals surface area contributed by atoms with Crippen molar-refractivity contribution in [2.24, 2.45) is 0 Å². The summed E-state index contributed by atoms with van der Waals surface area (Å²) < 4.78 is 0. The molecule has 1 aromatic rings. The van der Waals surface area contributed by atoms with Crippen molar-refractivity contribution in [3.63, 3.8) is 0 Å². The highest BCUT2D eigenvalue weighted by molar-refractivity contribution is 5.83. The molecule has 0 spiro atoms. The number of carbonyl (C=O) groups excluding carboxylic acids is 1. The molecular weight excluding hydrogens is 182 g/mol. The summed E-state index contributed by atoms with van der Waals surface area (Å²) in [6.45, 7) is 1.49. The van der Waals surface area contributed by atoms with Gasteiger partial charge in [0.05, 0.1) is 5.69 Å². The zero-order valence-electron chi connectivity index (χ0n) is 7.80. The lowest BCUT2D eigenvalue weighted by Crippen LogP contribution is -2.33. The van der Waals surface area contributed by atoms with E-state index in [4.69, 9.17) is 5.11 Å². The maximum absolute atomic E-state index is 11.0. The molecule has 14 heavy (non-hydrogen) atoms. The van der Waals surface area contributed by atoms with E-state index in [0.29, 0.717) is 12.0 Å². The van der Waals surface area contributed by atoms with Gasteiger partial charge < -0.3 is 9.90 Å². The number of hydrogen-bond acceptors (Lipinski definition) is 3. The van der Waals surface area contributed by atoms with Crippen molar-refractivity contribution in [3.05, 3.63) is 30.1 Å². The van der Waals surface area contributed by atoms with Crippen molar-refractivity contribution in [1.82, 2.24) is 4.98 Å². The van der Waals surface area contributed by atoms with Gasteiger partial charge in [0.2, 0.25) is 0 Å². The number of hydrogen-bond donors (Lipinski definition) is 1. The molecule has 4 heteroatoms. The number of pyridine rings is 1. The highest BCUT2D eigenvalue weighted by atomic mass is 16.4. The number of rotatable bonds is 4. The second kappa shape index (κ2) is 4.00. The molecule has 0 aliphatic heterocycles. The third-order valence-electron chi connectivity index (χ3n) is 2.19. The number of aliphatic carboxylic acids is 1. The minimum atomic E-state index is -1.22. The Morgan fingerprint density at radius 2 is 2.36 bits per heavy atom. The van der Waals surface area contributed by atoms with Crippen LogP contribution in [-0.4, -0.2) is 22.3 Å². The third kappa shape index (κ3) is 1.79. The van der Waals surface area contributed by atoms with Crippen molar-refractivity contribution in [3.8, 4) is 0 Å².